The monoisotopic (exact) mass is 454 g/mol. The first-order valence-corrected chi connectivity index (χ1v) is 11.5. The fourth-order valence-electron chi connectivity index (χ4n) is 4.86. The summed E-state index contributed by atoms with van der Waals surface area (Å²) in [5, 5.41) is 5.61. The number of hydrogen-bond donors (Lipinski definition) is 0. The van der Waals surface area contributed by atoms with Crippen molar-refractivity contribution in [2.45, 2.75) is 26.7 Å². The van der Waals surface area contributed by atoms with E-state index >= 15 is 0 Å². The Kier molecular flexibility index (Phi) is 5.63. The minimum absolute atomic E-state index is 0.0339. The van der Waals surface area contributed by atoms with Gasteiger partial charge < -0.3 is 19.2 Å². The van der Waals surface area contributed by atoms with Crippen molar-refractivity contribution < 1.29 is 9.32 Å². The number of halogens is 1. The number of hydrogen-bond acceptors (Lipinski definition) is 7. The van der Waals surface area contributed by atoms with Crippen molar-refractivity contribution in [1.82, 2.24) is 20.0 Å². The third kappa shape index (κ3) is 3.88. The number of piperazine rings is 1. The summed E-state index contributed by atoms with van der Waals surface area (Å²) in [6.45, 7) is 8.60. The topological polar surface area (TPSA) is 78.6 Å². The molecule has 8 nitrogen and oxygen atoms in total. The number of piperidine rings is 1. The smallest absolute Gasteiger partial charge is 0.263 e. The van der Waals surface area contributed by atoms with Crippen LogP contribution in [0.25, 0.3) is 11.1 Å². The molecule has 0 bridgehead atoms. The quantitative estimate of drug-likeness (QED) is 0.599. The summed E-state index contributed by atoms with van der Waals surface area (Å²) in [4.78, 5) is 28.6. The fraction of sp³-hybridized carbons (Fsp3) is 0.478. The second-order valence-corrected chi connectivity index (χ2v) is 9.11. The number of carbonyl (C=O) groups is 1. The summed E-state index contributed by atoms with van der Waals surface area (Å²) in [6.07, 6.45) is 3.36. The van der Waals surface area contributed by atoms with Gasteiger partial charge in [0.2, 0.25) is 5.91 Å². The van der Waals surface area contributed by atoms with E-state index in [9.17, 15) is 4.79 Å². The van der Waals surface area contributed by atoms with Crippen LogP contribution in [-0.4, -0.2) is 65.2 Å². The number of aromatic nitrogens is 3. The van der Waals surface area contributed by atoms with Crippen LogP contribution >= 0.6 is 11.6 Å². The van der Waals surface area contributed by atoms with Gasteiger partial charge in [0.15, 0.2) is 0 Å². The highest BCUT2D eigenvalue weighted by Gasteiger charge is 2.32. The second kappa shape index (κ2) is 8.58. The Morgan fingerprint density at radius 3 is 2.72 bits per heavy atom. The molecule has 0 aliphatic carbocycles. The van der Waals surface area contributed by atoms with Crippen molar-refractivity contribution >= 4 is 40.1 Å². The molecule has 168 valence electrons. The van der Waals surface area contributed by atoms with Crippen molar-refractivity contribution in [2.75, 3.05) is 49.1 Å². The van der Waals surface area contributed by atoms with Crippen LogP contribution in [0, 0.1) is 19.8 Å². The Hall–Kier alpha value is -2.87. The fourth-order valence-corrected chi connectivity index (χ4v) is 5.03. The highest BCUT2D eigenvalue weighted by atomic mass is 35.5. The lowest BCUT2D eigenvalue weighted by atomic mass is 9.96. The molecule has 9 heteroatoms. The summed E-state index contributed by atoms with van der Waals surface area (Å²) in [6, 6.07) is 5.98. The van der Waals surface area contributed by atoms with E-state index in [4.69, 9.17) is 16.1 Å². The Bertz CT molecular complexity index is 1140. The van der Waals surface area contributed by atoms with Gasteiger partial charge in [-0.2, -0.15) is 4.98 Å². The van der Waals surface area contributed by atoms with E-state index in [1.165, 1.54) is 11.9 Å². The first kappa shape index (κ1) is 21.0. The third-order valence-corrected chi connectivity index (χ3v) is 6.83. The minimum atomic E-state index is -0.0339. The molecule has 0 unspecified atom stereocenters. The van der Waals surface area contributed by atoms with Gasteiger partial charge >= 0.3 is 0 Å². The molecule has 1 aromatic carbocycles. The lowest BCUT2D eigenvalue weighted by molar-refractivity contribution is -0.136. The standard InChI is InChI=1S/C23H27ClN6O2/c1-15-5-6-18(24)12-19(15)28-8-10-29(11-9-28)23(31)17-4-3-7-30(13-17)21-20-16(2)27-32-22(20)26-14-25-21/h5-6,12,14,17H,3-4,7-11,13H2,1-2H3/t17-/m1/s1. The van der Waals surface area contributed by atoms with Gasteiger partial charge in [-0.1, -0.05) is 22.8 Å². The molecular weight excluding hydrogens is 428 g/mol. The van der Waals surface area contributed by atoms with Crippen molar-refractivity contribution in [3.8, 4) is 0 Å². The molecule has 2 aliphatic rings. The van der Waals surface area contributed by atoms with Crippen LogP contribution in [0.5, 0.6) is 0 Å². The molecule has 1 amide bonds. The van der Waals surface area contributed by atoms with E-state index in [1.807, 2.05) is 30.0 Å². The molecule has 3 aromatic rings. The lowest BCUT2D eigenvalue weighted by Gasteiger charge is -2.40. The van der Waals surface area contributed by atoms with Crippen molar-refractivity contribution in [1.29, 1.82) is 0 Å². The Balaban J connectivity index is 1.26. The summed E-state index contributed by atoms with van der Waals surface area (Å²) in [5.41, 5.74) is 3.63. The van der Waals surface area contributed by atoms with Gasteiger partial charge in [-0.05, 0) is 44.4 Å². The van der Waals surface area contributed by atoms with Crippen LogP contribution < -0.4 is 9.80 Å². The largest absolute Gasteiger partial charge is 0.368 e. The minimum Gasteiger partial charge on any atom is -0.368 e. The maximum Gasteiger partial charge on any atom is 0.263 e. The Morgan fingerprint density at radius 2 is 1.91 bits per heavy atom. The molecule has 32 heavy (non-hydrogen) atoms. The highest BCUT2D eigenvalue weighted by Crippen LogP contribution is 2.31. The van der Waals surface area contributed by atoms with Gasteiger partial charge in [0.05, 0.1) is 11.6 Å². The number of aryl methyl sites for hydroxylation is 2. The number of carbonyl (C=O) groups excluding carboxylic acids is 1. The number of fused-ring (bicyclic) bond motifs is 1. The second-order valence-electron chi connectivity index (χ2n) is 8.67. The average molecular weight is 455 g/mol. The van der Waals surface area contributed by atoms with Crippen molar-refractivity contribution in [2.24, 2.45) is 5.92 Å². The maximum absolute atomic E-state index is 13.4. The van der Waals surface area contributed by atoms with E-state index in [0.717, 1.165) is 73.2 Å². The van der Waals surface area contributed by atoms with Crippen LogP contribution in [-0.2, 0) is 4.79 Å². The molecular formula is C23H27ClN6O2. The normalized spacial score (nSPS) is 19.6. The van der Waals surface area contributed by atoms with E-state index in [2.05, 4.69) is 31.8 Å². The van der Waals surface area contributed by atoms with Gasteiger partial charge in [0.1, 0.15) is 17.5 Å². The summed E-state index contributed by atoms with van der Waals surface area (Å²) in [7, 11) is 0. The Labute approximate surface area is 192 Å². The summed E-state index contributed by atoms with van der Waals surface area (Å²) in [5.74, 6) is 1.02. The predicted octanol–water partition coefficient (Wildman–Crippen LogP) is 3.45. The number of rotatable bonds is 3. The molecule has 5 rings (SSSR count). The molecule has 0 radical (unpaired) electrons. The molecule has 0 saturated carbocycles. The predicted molar refractivity (Wildman–Crippen MR) is 124 cm³/mol. The van der Waals surface area contributed by atoms with E-state index in [1.54, 1.807) is 0 Å². The van der Waals surface area contributed by atoms with Crippen LogP contribution in [0.2, 0.25) is 5.02 Å². The summed E-state index contributed by atoms with van der Waals surface area (Å²) < 4.78 is 5.30. The maximum atomic E-state index is 13.4. The van der Waals surface area contributed by atoms with Gasteiger partial charge in [0, 0.05) is 50.0 Å². The lowest BCUT2D eigenvalue weighted by Crippen LogP contribution is -2.52. The molecule has 4 heterocycles. The molecule has 2 saturated heterocycles. The van der Waals surface area contributed by atoms with Crippen molar-refractivity contribution in [3.63, 3.8) is 0 Å². The molecule has 1 atom stereocenters. The van der Waals surface area contributed by atoms with Crippen LogP contribution in [0.4, 0.5) is 11.5 Å². The van der Waals surface area contributed by atoms with E-state index < -0.39 is 0 Å². The number of nitrogens with zero attached hydrogens (tertiary/aromatic N) is 6. The number of benzene rings is 1. The zero-order valence-electron chi connectivity index (χ0n) is 18.4. The SMILES string of the molecule is Cc1ccc(Cl)cc1N1CCN(C(=O)[C@@H]2CCCN(c3ncnc4onc(C)c34)C2)CC1. The Morgan fingerprint density at radius 1 is 1.09 bits per heavy atom. The highest BCUT2D eigenvalue weighted by molar-refractivity contribution is 6.30. The molecule has 2 fully saturated rings. The van der Waals surface area contributed by atoms with Crippen molar-refractivity contribution in [3.05, 3.63) is 40.8 Å². The zero-order chi connectivity index (χ0) is 22.2. The zero-order valence-corrected chi connectivity index (χ0v) is 19.2. The molecule has 2 aromatic heterocycles. The summed E-state index contributed by atoms with van der Waals surface area (Å²) >= 11 is 6.21. The third-order valence-electron chi connectivity index (χ3n) is 6.60. The first-order chi connectivity index (χ1) is 15.5. The van der Waals surface area contributed by atoms with E-state index in [0.29, 0.717) is 12.3 Å². The first-order valence-electron chi connectivity index (χ1n) is 11.1. The van der Waals surface area contributed by atoms with Gasteiger partial charge in [0.25, 0.3) is 5.71 Å². The van der Waals surface area contributed by atoms with Crippen LogP contribution in [0.1, 0.15) is 24.1 Å². The van der Waals surface area contributed by atoms with Crippen LogP contribution in [0.15, 0.2) is 29.0 Å². The van der Waals surface area contributed by atoms with Gasteiger partial charge in [-0.25, -0.2) is 4.98 Å². The number of anilines is 2. The molecule has 2 aliphatic heterocycles. The van der Waals surface area contributed by atoms with E-state index in [-0.39, 0.29) is 11.8 Å². The molecule has 0 N–H and O–H groups in total. The van der Waals surface area contributed by atoms with Crippen LogP contribution in [0.3, 0.4) is 0 Å². The van der Waals surface area contributed by atoms with Gasteiger partial charge in [-0.3, -0.25) is 4.79 Å². The average Bonchev–Trinajstić information content (AvgIpc) is 3.21. The van der Waals surface area contributed by atoms with Gasteiger partial charge in [-0.15, -0.1) is 0 Å². The number of amides is 1. The molecule has 0 spiro atoms.